The maximum absolute atomic E-state index is 4.46. The molecule has 0 bridgehead atoms. The average molecular weight is 475 g/mol. The number of aromatic nitrogens is 2. The van der Waals surface area contributed by atoms with Crippen molar-refractivity contribution in [3.63, 3.8) is 0 Å². The lowest BCUT2D eigenvalue weighted by Gasteiger charge is -2.13. The summed E-state index contributed by atoms with van der Waals surface area (Å²) < 4.78 is 2.15. The molecule has 27 heavy (non-hydrogen) atoms. The zero-order valence-corrected chi connectivity index (χ0v) is 18.1. The molecule has 1 heterocycles. The first-order valence-electron chi connectivity index (χ1n) is 8.78. The van der Waals surface area contributed by atoms with Crippen molar-refractivity contribution in [3.8, 4) is 0 Å². The standard InChI is InChI=1S/C21H25N5.HI/c1-17-8-10-18(11-9-17)14-24-21(22-2)25-15-20-23-12-13-26(20)16-19-6-4-3-5-7-19;/h3-13H,14-16H2,1-2H3,(H2,22,24,25);1H. The monoisotopic (exact) mass is 475 g/mol. The quantitative estimate of drug-likeness (QED) is 0.325. The third-order valence-corrected chi connectivity index (χ3v) is 4.22. The lowest BCUT2D eigenvalue weighted by Crippen LogP contribution is -2.37. The Morgan fingerprint density at radius 2 is 1.67 bits per heavy atom. The third-order valence-electron chi connectivity index (χ3n) is 4.22. The van der Waals surface area contributed by atoms with Crippen LogP contribution in [0.4, 0.5) is 0 Å². The number of nitrogens with zero attached hydrogens (tertiary/aromatic N) is 3. The normalized spacial score (nSPS) is 11.0. The number of halogens is 1. The maximum Gasteiger partial charge on any atom is 0.191 e. The highest BCUT2D eigenvalue weighted by Gasteiger charge is 2.05. The SMILES string of the molecule is CN=C(NCc1ccc(C)cc1)NCc1nccn1Cc1ccccc1.I. The molecule has 0 saturated heterocycles. The number of aliphatic imine (C=N–C) groups is 1. The van der Waals surface area contributed by atoms with Crippen LogP contribution >= 0.6 is 24.0 Å². The van der Waals surface area contributed by atoms with Crippen LogP contribution < -0.4 is 10.6 Å². The summed E-state index contributed by atoms with van der Waals surface area (Å²) in [4.78, 5) is 8.76. The molecule has 142 valence electrons. The van der Waals surface area contributed by atoms with Gasteiger partial charge in [-0.3, -0.25) is 4.99 Å². The highest BCUT2D eigenvalue weighted by molar-refractivity contribution is 14.0. The van der Waals surface area contributed by atoms with E-state index in [1.807, 2.05) is 18.5 Å². The molecule has 0 unspecified atom stereocenters. The van der Waals surface area contributed by atoms with Crippen LogP contribution in [0.25, 0.3) is 0 Å². The van der Waals surface area contributed by atoms with Crippen molar-refractivity contribution < 1.29 is 0 Å². The molecule has 6 heteroatoms. The van der Waals surface area contributed by atoms with E-state index in [1.165, 1.54) is 16.7 Å². The molecule has 1 aromatic heterocycles. The number of benzene rings is 2. The molecule has 0 aliphatic rings. The van der Waals surface area contributed by atoms with Gasteiger partial charge in [0.1, 0.15) is 5.82 Å². The van der Waals surface area contributed by atoms with Gasteiger partial charge in [-0.15, -0.1) is 24.0 Å². The van der Waals surface area contributed by atoms with E-state index in [9.17, 15) is 0 Å². The minimum Gasteiger partial charge on any atom is -0.352 e. The van der Waals surface area contributed by atoms with Crippen molar-refractivity contribution in [3.05, 3.63) is 89.5 Å². The number of rotatable bonds is 6. The Bertz CT molecular complexity index is 841. The molecule has 0 fully saturated rings. The Morgan fingerprint density at radius 1 is 0.963 bits per heavy atom. The van der Waals surface area contributed by atoms with Crippen LogP contribution in [0.1, 0.15) is 22.5 Å². The van der Waals surface area contributed by atoms with Crippen molar-refractivity contribution >= 4 is 29.9 Å². The lowest BCUT2D eigenvalue weighted by molar-refractivity contribution is 0.688. The van der Waals surface area contributed by atoms with Gasteiger partial charge in [-0.1, -0.05) is 60.2 Å². The molecule has 0 spiro atoms. The lowest BCUT2D eigenvalue weighted by atomic mass is 10.1. The van der Waals surface area contributed by atoms with Gasteiger partial charge in [0.25, 0.3) is 0 Å². The summed E-state index contributed by atoms with van der Waals surface area (Å²) in [5.41, 5.74) is 3.75. The van der Waals surface area contributed by atoms with Gasteiger partial charge >= 0.3 is 0 Å². The first-order valence-corrected chi connectivity index (χ1v) is 8.78. The fourth-order valence-electron chi connectivity index (χ4n) is 2.71. The summed E-state index contributed by atoms with van der Waals surface area (Å²) >= 11 is 0. The fraction of sp³-hybridized carbons (Fsp3) is 0.238. The highest BCUT2D eigenvalue weighted by Crippen LogP contribution is 2.06. The smallest absolute Gasteiger partial charge is 0.191 e. The largest absolute Gasteiger partial charge is 0.352 e. The fourth-order valence-corrected chi connectivity index (χ4v) is 2.71. The van der Waals surface area contributed by atoms with E-state index >= 15 is 0 Å². The third kappa shape index (κ3) is 6.39. The number of hydrogen-bond donors (Lipinski definition) is 2. The molecule has 2 aromatic carbocycles. The van der Waals surface area contributed by atoms with Gasteiger partial charge < -0.3 is 15.2 Å². The van der Waals surface area contributed by atoms with Crippen molar-refractivity contribution in [2.75, 3.05) is 7.05 Å². The summed E-state index contributed by atoms with van der Waals surface area (Å²) in [6.45, 7) is 4.26. The molecular formula is C21H26IN5. The number of imidazole rings is 1. The van der Waals surface area contributed by atoms with Crippen molar-refractivity contribution in [1.82, 2.24) is 20.2 Å². The highest BCUT2D eigenvalue weighted by atomic mass is 127. The van der Waals surface area contributed by atoms with Gasteiger partial charge in [-0.2, -0.15) is 0 Å². The number of nitrogens with one attached hydrogen (secondary N) is 2. The second-order valence-corrected chi connectivity index (χ2v) is 6.22. The molecule has 0 aliphatic heterocycles. The first kappa shape index (κ1) is 21.0. The second kappa shape index (κ2) is 10.7. The summed E-state index contributed by atoms with van der Waals surface area (Å²) in [5, 5.41) is 6.67. The number of aryl methyl sites for hydroxylation is 1. The van der Waals surface area contributed by atoms with Gasteiger partial charge in [0.2, 0.25) is 0 Å². The van der Waals surface area contributed by atoms with Crippen LogP contribution in [0.3, 0.4) is 0 Å². The van der Waals surface area contributed by atoms with Gasteiger partial charge in [0.15, 0.2) is 5.96 Å². The van der Waals surface area contributed by atoms with E-state index in [1.54, 1.807) is 7.05 Å². The van der Waals surface area contributed by atoms with E-state index in [2.05, 4.69) is 80.6 Å². The molecule has 0 aliphatic carbocycles. The Hall–Kier alpha value is -2.35. The summed E-state index contributed by atoms with van der Waals surface area (Å²) in [5.74, 6) is 1.74. The maximum atomic E-state index is 4.46. The number of guanidine groups is 1. The van der Waals surface area contributed by atoms with Crippen LogP contribution in [0.15, 0.2) is 72.0 Å². The van der Waals surface area contributed by atoms with Gasteiger partial charge in [0.05, 0.1) is 6.54 Å². The zero-order valence-electron chi connectivity index (χ0n) is 15.7. The molecule has 0 amide bonds. The van der Waals surface area contributed by atoms with Gasteiger partial charge in [0, 0.05) is 32.5 Å². The predicted octanol–water partition coefficient (Wildman–Crippen LogP) is 3.72. The van der Waals surface area contributed by atoms with E-state index < -0.39 is 0 Å². The van der Waals surface area contributed by atoms with E-state index in [0.29, 0.717) is 6.54 Å². The Kier molecular flexibility index (Phi) is 8.32. The molecule has 5 nitrogen and oxygen atoms in total. The van der Waals surface area contributed by atoms with Gasteiger partial charge in [-0.05, 0) is 18.1 Å². The second-order valence-electron chi connectivity index (χ2n) is 6.22. The topological polar surface area (TPSA) is 54.2 Å². The van der Waals surface area contributed by atoms with Crippen LogP contribution in [-0.2, 0) is 19.6 Å². The first-order chi connectivity index (χ1) is 12.7. The molecule has 2 N–H and O–H groups in total. The Labute approximate surface area is 178 Å². The van der Waals surface area contributed by atoms with Crippen LogP contribution in [-0.4, -0.2) is 22.6 Å². The Morgan fingerprint density at radius 3 is 2.37 bits per heavy atom. The van der Waals surface area contributed by atoms with Crippen molar-refractivity contribution in [1.29, 1.82) is 0 Å². The molecule has 0 radical (unpaired) electrons. The van der Waals surface area contributed by atoms with Crippen molar-refractivity contribution in [2.45, 2.75) is 26.6 Å². The Balaban J connectivity index is 0.00000261. The molecule has 3 rings (SSSR count). The molecule has 0 atom stereocenters. The van der Waals surface area contributed by atoms with E-state index in [-0.39, 0.29) is 24.0 Å². The van der Waals surface area contributed by atoms with Gasteiger partial charge in [-0.25, -0.2) is 4.98 Å². The summed E-state index contributed by atoms with van der Waals surface area (Å²) in [7, 11) is 1.78. The van der Waals surface area contributed by atoms with Crippen LogP contribution in [0.5, 0.6) is 0 Å². The van der Waals surface area contributed by atoms with E-state index in [0.717, 1.165) is 24.9 Å². The van der Waals surface area contributed by atoms with E-state index in [4.69, 9.17) is 0 Å². The van der Waals surface area contributed by atoms with Crippen LogP contribution in [0.2, 0.25) is 0 Å². The summed E-state index contributed by atoms with van der Waals surface area (Å²) in [6, 6.07) is 18.9. The van der Waals surface area contributed by atoms with Crippen LogP contribution in [0, 0.1) is 6.92 Å². The summed E-state index contributed by atoms with van der Waals surface area (Å²) in [6.07, 6.45) is 3.84. The molecule has 3 aromatic rings. The minimum absolute atomic E-state index is 0. The zero-order chi connectivity index (χ0) is 18.2. The number of hydrogen-bond acceptors (Lipinski definition) is 2. The predicted molar refractivity (Wildman–Crippen MR) is 121 cm³/mol. The van der Waals surface area contributed by atoms with Crippen molar-refractivity contribution in [2.24, 2.45) is 4.99 Å². The minimum atomic E-state index is 0. The molecular weight excluding hydrogens is 449 g/mol. The molecule has 0 saturated carbocycles. The average Bonchev–Trinajstić information content (AvgIpc) is 3.11.